The van der Waals surface area contributed by atoms with Crippen LogP contribution in [0.4, 0.5) is 5.95 Å². The first-order valence-corrected chi connectivity index (χ1v) is 6.22. The van der Waals surface area contributed by atoms with E-state index in [4.69, 9.17) is 10.5 Å². The topological polar surface area (TPSA) is 78.8 Å². The second-order valence-corrected chi connectivity index (χ2v) is 4.63. The Balaban J connectivity index is 2.30. The van der Waals surface area contributed by atoms with Crippen LogP contribution in [0.5, 0.6) is 5.88 Å². The van der Waals surface area contributed by atoms with Crippen molar-refractivity contribution in [2.24, 2.45) is 0 Å². The van der Waals surface area contributed by atoms with Crippen LogP contribution >= 0.6 is 0 Å². The van der Waals surface area contributed by atoms with Crippen LogP contribution in [-0.4, -0.2) is 26.6 Å². The van der Waals surface area contributed by atoms with E-state index in [9.17, 15) is 0 Å². The predicted octanol–water partition coefficient (Wildman–Crippen LogP) is 2.02. The van der Waals surface area contributed by atoms with Gasteiger partial charge in [-0.15, -0.1) is 0 Å². The molecule has 0 saturated heterocycles. The second kappa shape index (κ2) is 4.48. The summed E-state index contributed by atoms with van der Waals surface area (Å²) in [5.74, 6) is 0.784. The smallest absolute Gasteiger partial charge is 0.245 e. The Morgan fingerprint density at radius 3 is 2.65 bits per heavy atom. The van der Waals surface area contributed by atoms with Crippen LogP contribution in [0, 0.1) is 13.8 Å². The first-order valence-electron chi connectivity index (χ1n) is 6.22. The summed E-state index contributed by atoms with van der Waals surface area (Å²) in [4.78, 5) is 12.6. The molecule has 3 rings (SSSR count). The van der Waals surface area contributed by atoms with Crippen LogP contribution < -0.4 is 10.5 Å². The number of imidazole rings is 1. The molecule has 1 aromatic carbocycles. The van der Waals surface area contributed by atoms with Crippen LogP contribution in [0.2, 0.25) is 0 Å². The van der Waals surface area contributed by atoms with Crippen molar-refractivity contribution in [3.05, 3.63) is 35.7 Å². The van der Waals surface area contributed by atoms with Crippen LogP contribution in [-0.2, 0) is 0 Å². The number of aryl methyl sites for hydroxylation is 2. The molecule has 6 nitrogen and oxygen atoms in total. The summed E-state index contributed by atoms with van der Waals surface area (Å²) >= 11 is 0. The zero-order chi connectivity index (χ0) is 14.3. The quantitative estimate of drug-likeness (QED) is 0.770. The van der Waals surface area contributed by atoms with E-state index in [1.807, 2.05) is 12.1 Å². The van der Waals surface area contributed by atoms with Gasteiger partial charge in [-0.3, -0.25) is 4.57 Å². The fourth-order valence-corrected chi connectivity index (χ4v) is 2.16. The molecule has 0 atom stereocenters. The molecule has 2 aromatic heterocycles. The van der Waals surface area contributed by atoms with Crippen LogP contribution in [0.3, 0.4) is 0 Å². The maximum absolute atomic E-state index is 6.03. The van der Waals surface area contributed by atoms with Gasteiger partial charge in [-0.25, -0.2) is 9.97 Å². The highest BCUT2D eigenvalue weighted by molar-refractivity contribution is 5.81. The number of aromatic nitrogens is 4. The van der Waals surface area contributed by atoms with Crippen molar-refractivity contribution in [3.8, 4) is 11.6 Å². The summed E-state index contributed by atoms with van der Waals surface area (Å²) < 4.78 is 6.99. The Labute approximate surface area is 116 Å². The molecule has 2 N–H and O–H groups in total. The first-order chi connectivity index (χ1) is 9.61. The van der Waals surface area contributed by atoms with Crippen molar-refractivity contribution in [2.45, 2.75) is 13.8 Å². The molecule has 0 bridgehead atoms. The number of ether oxygens (including phenoxy) is 1. The lowest BCUT2D eigenvalue weighted by atomic mass is 10.1. The van der Waals surface area contributed by atoms with Crippen molar-refractivity contribution in [3.63, 3.8) is 0 Å². The van der Waals surface area contributed by atoms with Gasteiger partial charge in [0.05, 0.1) is 12.8 Å². The minimum atomic E-state index is 0.363. The molecule has 102 valence electrons. The highest BCUT2D eigenvalue weighted by Gasteiger charge is 2.15. The van der Waals surface area contributed by atoms with E-state index in [1.165, 1.54) is 17.5 Å². The van der Waals surface area contributed by atoms with Gasteiger partial charge in [0.25, 0.3) is 0 Å². The molecule has 0 aliphatic rings. The van der Waals surface area contributed by atoms with Gasteiger partial charge in [0.2, 0.25) is 11.8 Å². The molecule has 6 heteroatoms. The monoisotopic (exact) mass is 269 g/mol. The predicted molar refractivity (Wildman–Crippen MR) is 77.1 cm³/mol. The zero-order valence-corrected chi connectivity index (χ0v) is 11.6. The molecule has 3 aromatic rings. The summed E-state index contributed by atoms with van der Waals surface area (Å²) in [5.41, 5.74) is 10.6. The van der Waals surface area contributed by atoms with Gasteiger partial charge < -0.3 is 10.5 Å². The summed E-state index contributed by atoms with van der Waals surface area (Å²) in [6.07, 6.45) is 1.44. The maximum Gasteiger partial charge on any atom is 0.245 e. The molecule has 0 aliphatic carbocycles. The van der Waals surface area contributed by atoms with Crippen molar-refractivity contribution in [1.29, 1.82) is 0 Å². The Bertz CT molecular complexity index is 794. The van der Waals surface area contributed by atoms with E-state index in [0.29, 0.717) is 23.0 Å². The number of nitrogens with two attached hydrogens (primary N) is 1. The lowest BCUT2D eigenvalue weighted by Gasteiger charge is -2.08. The molecule has 0 saturated carbocycles. The highest BCUT2D eigenvalue weighted by Crippen LogP contribution is 2.26. The molecule has 0 fully saturated rings. The number of methoxy groups -OCH3 is 1. The van der Waals surface area contributed by atoms with E-state index in [0.717, 1.165) is 5.69 Å². The van der Waals surface area contributed by atoms with Crippen molar-refractivity contribution < 1.29 is 4.74 Å². The molecular weight excluding hydrogens is 254 g/mol. The van der Waals surface area contributed by atoms with Gasteiger partial charge in [-0.2, -0.15) is 4.98 Å². The molecule has 0 amide bonds. The normalized spacial score (nSPS) is 10.9. The Hall–Kier alpha value is -2.63. The van der Waals surface area contributed by atoms with Crippen LogP contribution in [0.15, 0.2) is 24.5 Å². The van der Waals surface area contributed by atoms with Gasteiger partial charge in [0.1, 0.15) is 6.33 Å². The number of hydrogen-bond acceptors (Lipinski definition) is 5. The Kier molecular flexibility index (Phi) is 2.78. The number of nitrogens with zero attached hydrogens (tertiary/aromatic N) is 4. The number of rotatable bonds is 2. The Morgan fingerprint density at radius 2 is 1.95 bits per heavy atom. The average Bonchev–Trinajstić information content (AvgIpc) is 2.78. The molecule has 2 heterocycles. The molecule has 0 spiro atoms. The minimum Gasteiger partial charge on any atom is -0.479 e. The zero-order valence-electron chi connectivity index (χ0n) is 11.6. The maximum atomic E-state index is 6.03. The van der Waals surface area contributed by atoms with Crippen molar-refractivity contribution >= 4 is 17.1 Å². The van der Waals surface area contributed by atoms with E-state index in [1.54, 1.807) is 11.7 Å². The molecular formula is C14H15N5O. The molecule has 20 heavy (non-hydrogen) atoms. The molecule has 0 radical (unpaired) electrons. The molecule has 0 unspecified atom stereocenters. The van der Waals surface area contributed by atoms with E-state index in [2.05, 4.69) is 34.9 Å². The van der Waals surface area contributed by atoms with Crippen molar-refractivity contribution in [1.82, 2.24) is 19.5 Å². The fraction of sp³-hybridized carbons (Fsp3) is 0.214. The highest BCUT2D eigenvalue weighted by atomic mass is 16.5. The Morgan fingerprint density at radius 1 is 1.15 bits per heavy atom. The lowest BCUT2D eigenvalue weighted by molar-refractivity contribution is 0.401. The number of benzene rings is 1. The van der Waals surface area contributed by atoms with Gasteiger partial charge in [0.15, 0.2) is 11.2 Å². The van der Waals surface area contributed by atoms with Crippen LogP contribution in [0.1, 0.15) is 11.1 Å². The summed E-state index contributed by atoms with van der Waals surface area (Å²) in [7, 11) is 1.55. The second-order valence-electron chi connectivity index (χ2n) is 4.63. The van der Waals surface area contributed by atoms with E-state index < -0.39 is 0 Å². The minimum absolute atomic E-state index is 0.363. The number of fused-ring (bicyclic) bond motifs is 1. The summed E-state index contributed by atoms with van der Waals surface area (Å²) in [6.45, 7) is 4.13. The first kappa shape index (κ1) is 12.4. The van der Waals surface area contributed by atoms with Crippen LogP contribution in [0.25, 0.3) is 16.9 Å². The third-order valence-corrected chi connectivity index (χ3v) is 3.38. The number of nitrogen functional groups attached to an aromatic ring is 1. The third-order valence-electron chi connectivity index (χ3n) is 3.38. The molecule has 0 aliphatic heterocycles. The van der Waals surface area contributed by atoms with Gasteiger partial charge in [0, 0.05) is 0 Å². The largest absolute Gasteiger partial charge is 0.479 e. The van der Waals surface area contributed by atoms with E-state index in [-0.39, 0.29) is 0 Å². The summed E-state index contributed by atoms with van der Waals surface area (Å²) in [6, 6.07) is 6.10. The van der Waals surface area contributed by atoms with E-state index >= 15 is 0 Å². The lowest BCUT2D eigenvalue weighted by Crippen LogP contribution is -2.02. The van der Waals surface area contributed by atoms with Gasteiger partial charge in [-0.1, -0.05) is 6.07 Å². The number of anilines is 1. The SMILES string of the molecule is COc1ncnc2c1nc(N)n2-c1ccc(C)c(C)c1. The van der Waals surface area contributed by atoms with Crippen molar-refractivity contribution in [2.75, 3.05) is 12.8 Å². The summed E-state index contributed by atoms with van der Waals surface area (Å²) in [5, 5.41) is 0. The van der Waals surface area contributed by atoms with Gasteiger partial charge >= 0.3 is 0 Å². The number of hydrogen-bond donors (Lipinski definition) is 1. The average molecular weight is 269 g/mol. The van der Waals surface area contributed by atoms with Gasteiger partial charge in [-0.05, 0) is 37.1 Å². The standard InChI is InChI=1S/C14H15N5O/c1-8-4-5-10(6-9(8)2)19-12-11(18-14(19)15)13(20-3)17-7-16-12/h4-7H,1-3H3,(H2,15,18). The fourth-order valence-electron chi connectivity index (χ4n) is 2.16. The third kappa shape index (κ3) is 1.77.